The maximum atomic E-state index is 13.8. The third-order valence-electron chi connectivity index (χ3n) is 4.59. The van der Waals surface area contributed by atoms with Crippen LogP contribution < -0.4 is 5.32 Å². The summed E-state index contributed by atoms with van der Waals surface area (Å²) in [4.78, 5) is 44.0. The summed E-state index contributed by atoms with van der Waals surface area (Å²) in [5.41, 5.74) is 1.37. The lowest BCUT2D eigenvalue weighted by atomic mass is 10.1. The summed E-state index contributed by atoms with van der Waals surface area (Å²) < 4.78 is 31.6. The van der Waals surface area contributed by atoms with Gasteiger partial charge in [-0.25, -0.2) is 18.6 Å². The molecule has 31 heavy (non-hydrogen) atoms. The number of rotatable bonds is 7. The van der Waals surface area contributed by atoms with Crippen LogP contribution in [0, 0.1) is 18.6 Å². The van der Waals surface area contributed by atoms with Gasteiger partial charge in [-0.05, 0) is 24.1 Å². The van der Waals surface area contributed by atoms with E-state index in [0.717, 1.165) is 17.4 Å². The minimum absolute atomic E-state index is 0.148. The number of methoxy groups -OCH3 is 1. The number of carbonyl (C=O) groups excluding carboxylic acids is 3. The van der Waals surface area contributed by atoms with Crippen molar-refractivity contribution in [2.45, 2.75) is 26.7 Å². The van der Waals surface area contributed by atoms with Gasteiger partial charge in [0.1, 0.15) is 11.6 Å². The first-order valence-electron chi connectivity index (χ1n) is 9.18. The minimum atomic E-state index is -0.655. The topological polar surface area (TPSA) is 101 Å². The van der Waals surface area contributed by atoms with Crippen LogP contribution in [0.3, 0.4) is 0 Å². The quantitative estimate of drug-likeness (QED) is 0.424. The van der Waals surface area contributed by atoms with Crippen LogP contribution in [-0.2, 0) is 22.4 Å². The molecule has 1 amide bonds. The number of nitrogens with zero attached hydrogens (tertiary/aromatic N) is 1. The van der Waals surface area contributed by atoms with Gasteiger partial charge in [-0.1, -0.05) is 6.07 Å². The number of esters is 1. The fourth-order valence-corrected chi connectivity index (χ4v) is 4.00. The average molecular weight is 447 g/mol. The van der Waals surface area contributed by atoms with Crippen LogP contribution in [0.4, 0.5) is 13.9 Å². The summed E-state index contributed by atoms with van der Waals surface area (Å²) in [5, 5.41) is 2.91. The highest BCUT2D eigenvalue weighted by Crippen LogP contribution is 2.24. The van der Waals surface area contributed by atoms with Gasteiger partial charge in [0.05, 0.1) is 24.8 Å². The van der Waals surface area contributed by atoms with Crippen molar-refractivity contribution in [1.82, 2.24) is 9.97 Å². The van der Waals surface area contributed by atoms with Crippen LogP contribution in [0.25, 0.3) is 0 Å². The fourth-order valence-electron chi connectivity index (χ4n) is 3.15. The number of aromatic nitrogens is 2. The smallest absolute Gasteiger partial charge is 0.339 e. The van der Waals surface area contributed by atoms with E-state index in [1.165, 1.54) is 32.4 Å². The van der Waals surface area contributed by atoms with Crippen molar-refractivity contribution in [2.24, 2.45) is 0 Å². The highest BCUT2D eigenvalue weighted by Gasteiger charge is 2.24. The Hall–Kier alpha value is -3.40. The van der Waals surface area contributed by atoms with Crippen LogP contribution >= 0.6 is 11.3 Å². The number of H-pyrrole nitrogens is 1. The molecule has 0 unspecified atom stereocenters. The number of halogens is 2. The molecule has 0 saturated carbocycles. The van der Waals surface area contributed by atoms with Gasteiger partial charge >= 0.3 is 5.97 Å². The van der Waals surface area contributed by atoms with Gasteiger partial charge in [-0.15, -0.1) is 11.3 Å². The second-order valence-electron chi connectivity index (χ2n) is 6.80. The molecule has 3 aromatic rings. The number of aromatic amines is 1. The molecule has 0 spiro atoms. The predicted molar refractivity (Wildman–Crippen MR) is 110 cm³/mol. The van der Waals surface area contributed by atoms with Gasteiger partial charge < -0.3 is 15.0 Å². The number of hydrogen-bond acceptors (Lipinski definition) is 6. The zero-order chi connectivity index (χ0) is 22.7. The van der Waals surface area contributed by atoms with Crippen LogP contribution in [-0.4, -0.2) is 34.7 Å². The van der Waals surface area contributed by atoms with Gasteiger partial charge in [0, 0.05) is 36.2 Å². The van der Waals surface area contributed by atoms with Crippen molar-refractivity contribution in [3.05, 3.63) is 69.0 Å². The van der Waals surface area contributed by atoms with Gasteiger partial charge in [-0.2, -0.15) is 0 Å². The highest BCUT2D eigenvalue weighted by atomic mass is 32.1. The predicted octanol–water partition coefficient (Wildman–Crippen LogP) is 3.82. The van der Waals surface area contributed by atoms with E-state index < -0.39 is 23.5 Å². The number of hydrogen-bond donors (Lipinski definition) is 2. The molecular formula is C21H19F2N3O4S. The molecule has 0 aliphatic rings. The van der Waals surface area contributed by atoms with Crippen molar-refractivity contribution in [2.75, 3.05) is 12.4 Å². The second kappa shape index (κ2) is 9.17. The molecule has 10 heteroatoms. The second-order valence-corrected chi connectivity index (χ2v) is 7.91. The Kier molecular flexibility index (Phi) is 6.59. The van der Waals surface area contributed by atoms with Crippen molar-refractivity contribution in [1.29, 1.82) is 0 Å². The molecule has 2 N–H and O–H groups in total. The molecule has 0 bridgehead atoms. The first-order chi connectivity index (χ1) is 14.7. The monoisotopic (exact) mass is 447 g/mol. The molecule has 1 aromatic carbocycles. The average Bonchev–Trinajstić information content (AvgIpc) is 3.27. The maximum absolute atomic E-state index is 13.8. The van der Waals surface area contributed by atoms with Gasteiger partial charge in [0.15, 0.2) is 10.9 Å². The molecule has 0 saturated heterocycles. The number of ketones is 1. The summed E-state index contributed by atoms with van der Waals surface area (Å²) in [6.07, 6.45) is 1.49. The third-order valence-corrected chi connectivity index (χ3v) is 5.50. The van der Waals surface area contributed by atoms with E-state index in [4.69, 9.17) is 4.74 Å². The fraction of sp³-hybridized carbons (Fsp3) is 0.238. The molecule has 0 radical (unpaired) electrons. The van der Waals surface area contributed by atoms with Gasteiger partial charge in [0.2, 0.25) is 5.91 Å². The standard InChI is InChI=1S/C21H19F2N3O4S/c1-10-18(20(29)30-3)16(25-19(10)11(2)27)8-17(28)26-21-24-9-14(31-21)6-12-4-5-13(22)7-15(12)23/h4-5,7,9,25H,6,8H2,1-3H3,(H,24,26,28). The number of benzene rings is 1. The summed E-state index contributed by atoms with van der Waals surface area (Å²) in [5.74, 6) is -2.70. The molecule has 2 heterocycles. The Morgan fingerprint density at radius 2 is 2.00 bits per heavy atom. The molecule has 7 nitrogen and oxygen atoms in total. The van der Waals surface area contributed by atoms with Crippen LogP contribution in [0.15, 0.2) is 24.4 Å². The number of nitrogens with one attached hydrogen (secondary N) is 2. The highest BCUT2D eigenvalue weighted by molar-refractivity contribution is 7.15. The molecular weight excluding hydrogens is 428 g/mol. The Morgan fingerprint density at radius 1 is 1.26 bits per heavy atom. The van der Waals surface area contributed by atoms with Crippen molar-refractivity contribution < 1.29 is 27.9 Å². The summed E-state index contributed by atoms with van der Waals surface area (Å²) in [6, 6.07) is 3.34. The van der Waals surface area contributed by atoms with Crippen LogP contribution in [0.5, 0.6) is 0 Å². The van der Waals surface area contributed by atoms with Crippen LogP contribution in [0.2, 0.25) is 0 Å². The van der Waals surface area contributed by atoms with E-state index in [1.807, 2.05) is 0 Å². The molecule has 162 valence electrons. The summed E-state index contributed by atoms with van der Waals surface area (Å²) >= 11 is 1.15. The number of ether oxygens (including phenoxy) is 1. The van der Waals surface area contributed by atoms with Crippen molar-refractivity contribution >= 4 is 34.1 Å². The Labute approximate surface area is 180 Å². The lowest BCUT2D eigenvalue weighted by molar-refractivity contribution is -0.115. The van der Waals surface area contributed by atoms with E-state index in [-0.39, 0.29) is 40.7 Å². The van der Waals surface area contributed by atoms with Gasteiger partial charge in [-0.3, -0.25) is 9.59 Å². The summed E-state index contributed by atoms with van der Waals surface area (Å²) in [6.45, 7) is 2.95. The zero-order valence-electron chi connectivity index (χ0n) is 17.0. The summed E-state index contributed by atoms with van der Waals surface area (Å²) in [7, 11) is 1.22. The maximum Gasteiger partial charge on any atom is 0.339 e. The van der Waals surface area contributed by atoms with E-state index >= 15 is 0 Å². The number of amides is 1. The Bertz CT molecular complexity index is 1170. The van der Waals surface area contributed by atoms with Crippen LogP contribution in [0.1, 0.15) is 49.5 Å². The van der Waals surface area contributed by atoms with Crippen molar-refractivity contribution in [3.8, 4) is 0 Å². The molecule has 0 aliphatic heterocycles. The van der Waals surface area contributed by atoms with E-state index in [9.17, 15) is 23.2 Å². The first kappa shape index (κ1) is 22.3. The number of carbonyl (C=O) groups is 3. The number of thiazole rings is 1. The molecule has 0 fully saturated rings. The minimum Gasteiger partial charge on any atom is -0.465 e. The van der Waals surface area contributed by atoms with Crippen molar-refractivity contribution in [3.63, 3.8) is 0 Å². The normalized spacial score (nSPS) is 10.7. The first-order valence-corrected chi connectivity index (χ1v) is 10.0. The Morgan fingerprint density at radius 3 is 2.65 bits per heavy atom. The third kappa shape index (κ3) is 5.02. The molecule has 2 aromatic heterocycles. The van der Waals surface area contributed by atoms with E-state index in [1.54, 1.807) is 6.92 Å². The lowest BCUT2D eigenvalue weighted by Gasteiger charge is -2.04. The zero-order valence-corrected chi connectivity index (χ0v) is 17.8. The van der Waals surface area contributed by atoms with Gasteiger partial charge in [0.25, 0.3) is 0 Å². The number of anilines is 1. The Balaban J connectivity index is 1.73. The molecule has 0 aliphatic carbocycles. The molecule has 3 rings (SSSR count). The molecule has 0 atom stereocenters. The SMILES string of the molecule is COC(=O)c1c(CC(=O)Nc2ncc(Cc3ccc(F)cc3F)s2)[nH]c(C(C)=O)c1C. The largest absolute Gasteiger partial charge is 0.465 e. The lowest BCUT2D eigenvalue weighted by Crippen LogP contribution is -2.17. The van der Waals surface area contributed by atoms with E-state index in [2.05, 4.69) is 15.3 Å². The van der Waals surface area contributed by atoms with E-state index in [0.29, 0.717) is 16.0 Å². The number of Topliss-reactive ketones (excluding diaryl/α,β-unsaturated/α-hetero) is 1.